The average Bonchev–Trinajstić information content (AvgIpc) is 3.09. The van der Waals surface area contributed by atoms with Gasteiger partial charge in [-0.3, -0.25) is 4.90 Å². The van der Waals surface area contributed by atoms with Crippen LogP contribution in [-0.2, 0) is 14.3 Å². The molecule has 0 saturated heterocycles. The molecule has 35 heavy (non-hydrogen) atoms. The number of aliphatic imine (C=N–C) groups is 1. The molecule has 2 aliphatic heterocycles. The van der Waals surface area contributed by atoms with Gasteiger partial charge in [-0.25, -0.2) is 14.6 Å². The van der Waals surface area contributed by atoms with Crippen molar-refractivity contribution < 1.29 is 19.1 Å². The lowest BCUT2D eigenvalue weighted by molar-refractivity contribution is -0.150. The Bertz CT molecular complexity index is 1260. The molecule has 2 heterocycles. The summed E-state index contributed by atoms with van der Waals surface area (Å²) in [5, 5.41) is 0.515. The Kier molecular flexibility index (Phi) is 6.40. The molecule has 8 heteroatoms. The van der Waals surface area contributed by atoms with Gasteiger partial charge in [0, 0.05) is 11.1 Å². The summed E-state index contributed by atoms with van der Waals surface area (Å²) in [6.45, 7) is 11.4. The molecule has 2 aromatic rings. The fourth-order valence-electron chi connectivity index (χ4n) is 4.49. The maximum Gasteiger partial charge on any atom is 0.338 e. The number of fused-ring (bicyclic) bond motifs is 3. The van der Waals surface area contributed by atoms with Crippen molar-refractivity contribution in [3.8, 4) is 0 Å². The van der Waals surface area contributed by atoms with E-state index in [0.29, 0.717) is 27.8 Å². The van der Waals surface area contributed by atoms with E-state index in [-0.39, 0.29) is 6.04 Å². The Hall–Kier alpha value is -3.32. The van der Waals surface area contributed by atoms with Crippen molar-refractivity contribution in [2.24, 2.45) is 4.99 Å². The zero-order valence-electron chi connectivity index (χ0n) is 21.0. The molecule has 0 spiro atoms. The van der Waals surface area contributed by atoms with Crippen LogP contribution in [0, 0.1) is 0 Å². The molecule has 0 N–H and O–H groups in total. The molecule has 0 aromatic heterocycles. The van der Waals surface area contributed by atoms with Gasteiger partial charge in [-0.1, -0.05) is 29.8 Å². The molecule has 0 fully saturated rings. The number of methoxy groups -OCH3 is 1. The molecular weight excluding hydrogens is 466 g/mol. The predicted octanol–water partition coefficient (Wildman–Crippen LogP) is 5.89. The van der Waals surface area contributed by atoms with E-state index in [1.165, 1.54) is 7.11 Å². The van der Waals surface area contributed by atoms with Gasteiger partial charge in [0.15, 0.2) is 0 Å². The number of anilines is 2. The number of nitrogens with zero attached hydrogens (tertiary/aromatic N) is 3. The van der Waals surface area contributed by atoms with Crippen LogP contribution in [0.4, 0.5) is 11.4 Å². The van der Waals surface area contributed by atoms with Gasteiger partial charge in [0.1, 0.15) is 5.60 Å². The lowest BCUT2D eigenvalue weighted by Crippen LogP contribution is -2.47. The SMILES string of the molecule is COC(=O)c1ccc2c(c1)N1C(=NC(C)=C(C(=O)OC(C)(C)C)C1c1ccccc1Cl)N2C(C)C. The van der Waals surface area contributed by atoms with Crippen LogP contribution in [0.15, 0.2) is 58.7 Å². The second-order valence-electron chi connectivity index (χ2n) is 9.87. The Balaban J connectivity index is 2.00. The number of guanidine groups is 1. The highest BCUT2D eigenvalue weighted by molar-refractivity contribution is 6.31. The topological polar surface area (TPSA) is 71.4 Å². The van der Waals surface area contributed by atoms with Gasteiger partial charge < -0.3 is 14.4 Å². The summed E-state index contributed by atoms with van der Waals surface area (Å²) in [5.41, 5.74) is 3.02. The van der Waals surface area contributed by atoms with E-state index in [9.17, 15) is 9.59 Å². The molecule has 0 amide bonds. The van der Waals surface area contributed by atoms with E-state index in [0.717, 1.165) is 16.9 Å². The number of ether oxygens (including phenoxy) is 2. The van der Waals surface area contributed by atoms with E-state index >= 15 is 0 Å². The third kappa shape index (κ3) is 4.41. The van der Waals surface area contributed by atoms with Crippen LogP contribution in [0.2, 0.25) is 5.02 Å². The maximum absolute atomic E-state index is 13.5. The highest BCUT2D eigenvalue weighted by atomic mass is 35.5. The molecule has 1 atom stereocenters. The molecule has 0 radical (unpaired) electrons. The fourth-order valence-corrected chi connectivity index (χ4v) is 4.73. The van der Waals surface area contributed by atoms with Crippen molar-refractivity contribution in [1.82, 2.24) is 0 Å². The number of rotatable bonds is 4. The predicted molar refractivity (Wildman–Crippen MR) is 138 cm³/mol. The van der Waals surface area contributed by atoms with Crippen LogP contribution in [0.5, 0.6) is 0 Å². The number of esters is 2. The summed E-state index contributed by atoms with van der Waals surface area (Å²) < 4.78 is 10.8. The van der Waals surface area contributed by atoms with Gasteiger partial charge in [0.25, 0.3) is 0 Å². The molecule has 4 rings (SSSR count). The molecule has 184 valence electrons. The Morgan fingerprint density at radius 2 is 1.74 bits per heavy atom. The Labute approximate surface area is 211 Å². The van der Waals surface area contributed by atoms with E-state index in [1.807, 2.05) is 56.9 Å². The minimum Gasteiger partial charge on any atom is -0.465 e. The number of allylic oxidation sites excluding steroid dienone is 1. The molecule has 0 saturated carbocycles. The van der Waals surface area contributed by atoms with Crippen LogP contribution in [0.1, 0.15) is 63.5 Å². The lowest BCUT2D eigenvalue weighted by Gasteiger charge is -2.38. The van der Waals surface area contributed by atoms with Gasteiger partial charge in [0.05, 0.1) is 41.4 Å². The van der Waals surface area contributed by atoms with Crippen LogP contribution < -0.4 is 9.80 Å². The van der Waals surface area contributed by atoms with Crippen molar-refractivity contribution in [2.75, 3.05) is 16.9 Å². The van der Waals surface area contributed by atoms with Crippen LogP contribution >= 0.6 is 11.6 Å². The summed E-state index contributed by atoms with van der Waals surface area (Å²) in [5.74, 6) is -0.247. The third-order valence-corrected chi connectivity index (χ3v) is 6.21. The molecular formula is C27H30ClN3O4. The van der Waals surface area contributed by atoms with Crippen molar-refractivity contribution in [3.63, 3.8) is 0 Å². The van der Waals surface area contributed by atoms with Crippen molar-refractivity contribution >= 4 is 40.9 Å². The summed E-state index contributed by atoms with van der Waals surface area (Å²) in [6.07, 6.45) is 0. The number of carbonyl (C=O) groups excluding carboxylic acids is 2. The number of benzene rings is 2. The zero-order chi connectivity index (χ0) is 25.7. The summed E-state index contributed by atoms with van der Waals surface area (Å²) in [7, 11) is 1.35. The largest absolute Gasteiger partial charge is 0.465 e. The van der Waals surface area contributed by atoms with Gasteiger partial charge in [-0.05, 0) is 71.4 Å². The molecule has 7 nitrogen and oxygen atoms in total. The van der Waals surface area contributed by atoms with Gasteiger partial charge >= 0.3 is 11.9 Å². The second kappa shape index (κ2) is 9.04. The van der Waals surface area contributed by atoms with E-state index in [2.05, 4.69) is 18.7 Å². The Morgan fingerprint density at radius 1 is 1.06 bits per heavy atom. The monoisotopic (exact) mass is 495 g/mol. The fraction of sp³-hybridized carbons (Fsp3) is 0.370. The maximum atomic E-state index is 13.5. The van der Waals surface area contributed by atoms with Crippen molar-refractivity contribution in [3.05, 3.63) is 69.9 Å². The zero-order valence-corrected chi connectivity index (χ0v) is 21.8. The first-order valence-electron chi connectivity index (χ1n) is 11.5. The Morgan fingerprint density at radius 3 is 2.34 bits per heavy atom. The molecule has 1 unspecified atom stereocenters. The highest BCUT2D eigenvalue weighted by Crippen LogP contribution is 2.49. The normalized spacial score (nSPS) is 17.3. The second-order valence-corrected chi connectivity index (χ2v) is 10.3. The lowest BCUT2D eigenvalue weighted by atomic mass is 9.93. The average molecular weight is 496 g/mol. The number of hydrogen-bond donors (Lipinski definition) is 0. The molecule has 0 aliphatic carbocycles. The summed E-state index contributed by atoms with van der Waals surface area (Å²) in [6, 6.07) is 12.3. The van der Waals surface area contributed by atoms with Crippen LogP contribution in [0.3, 0.4) is 0 Å². The van der Waals surface area contributed by atoms with Gasteiger partial charge in [0.2, 0.25) is 5.96 Å². The van der Waals surface area contributed by atoms with E-state index in [4.69, 9.17) is 26.1 Å². The summed E-state index contributed by atoms with van der Waals surface area (Å²) in [4.78, 5) is 34.9. The first kappa shape index (κ1) is 24.8. The molecule has 2 aromatic carbocycles. The minimum absolute atomic E-state index is 0.0595. The van der Waals surface area contributed by atoms with Crippen LogP contribution in [0.25, 0.3) is 0 Å². The third-order valence-electron chi connectivity index (χ3n) is 5.87. The first-order chi connectivity index (χ1) is 16.4. The standard InChI is InChI=1S/C27H30ClN3O4/c1-15(2)30-20-13-12-17(24(32)34-7)14-21(20)31-23(18-10-8-9-11-19(18)28)22(16(3)29-26(30)31)25(33)35-27(4,5)6/h8-15,23H,1-7H3. The van der Waals surface area contributed by atoms with E-state index < -0.39 is 23.6 Å². The highest BCUT2D eigenvalue weighted by Gasteiger charge is 2.46. The first-order valence-corrected chi connectivity index (χ1v) is 11.9. The summed E-state index contributed by atoms with van der Waals surface area (Å²) >= 11 is 6.70. The smallest absolute Gasteiger partial charge is 0.338 e. The minimum atomic E-state index is -0.690. The quantitative estimate of drug-likeness (QED) is 0.492. The van der Waals surface area contributed by atoms with Crippen molar-refractivity contribution in [2.45, 2.75) is 59.2 Å². The molecule has 2 aliphatic rings. The van der Waals surface area contributed by atoms with Crippen molar-refractivity contribution in [1.29, 1.82) is 0 Å². The van der Waals surface area contributed by atoms with Crippen LogP contribution in [-0.4, -0.2) is 36.7 Å². The van der Waals surface area contributed by atoms with Gasteiger partial charge in [-0.2, -0.15) is 0 Å². The number of hydrogen-bond acceptors (Lipinski definition) is 7. The number of halogens is 1. The van der Waals surface area contributed by atoms with E-state index in [1.54, 1.807) is 18.2 Å². The van der Waals surface area contributed by atoms with Gasteiger partial charge in [-0.15, -0.1) is 0 Å². The molecule has 0 bridgehead atoms. The number of carbonyl (C=O) groups is 2.